The summed E-state index contributed by atoms with van der Waals surface area (Å²) in [4.78, 5) is 29.9. The van der Waals surface area contributed by atoms with Crippen LogP contribution in [0, 0.1) is 5.41 Å². The number of ether oxygens (including phenoxy) is 1. The maximum Gasteiger partial charge on any atom is 0.326 e. The molecule has 11 nitrogen and oxygen atoms in total. The van der Waals surface area contributed by atoms with Crippen molar-refractivity contribution in [3.8, 4) is 5.88 Å². The number of hydrogen-bond donors (Lipinski definition) is 4. The highest BCUT2D eigenvalue weighted by Crippen LogP contribution is 2.26. The monoisotopic (exact) mass is 384 g/mol. The van der Waals surface area contributed by atoms with Crippen molar-refractivity contribution in [2.24, 2.45) is 10.4 Å². The first-order valence-electron chi connectivity index (χ1n) is 9.13. The lowest BCUT2D eigenvalue weighted by atomic mass is 9.89. The van der Waals surface area contributed by atoms with Gasteiger partial charge in [0.25, 0.3) is 5.62 Å². The van der Waals surface area contributed by atoms with E-state index in [4.69, 9.17) is 4.74 Å². The van der Waals surface area contributed by atoms with E-state index in [0.29, 0.717) is 42.2 Å². The number of aromatic amines is 2. The zero-order valence-electron chi connectivity index (χ0n) is 15.3. The summed E-state index contributed by atoms with van der Waals surface area (Å²) in [6.07, 6.45) is 5.30. The zero-order valence-corrected chi connectivity index (χ0v) is 15.3. The van der Waals surface area contributed by atoms with Gasteiger partial charge < -0.3 is 20.1 Å². The van der Waals surface area contributed by atoms with Crippen LogP contribution in [0.2, 0.25) is 0 Å². The molecule has 0 atom stereocenters. The molecule has 0 spiro atoms. The normalized spacial score (nSPS) is 19.9. The van der Waals surface area contributed by atoms with Crippen molar-refractivity contribution < 1.29 is 9.84 Å². The van der Waals surface area contributed by atoms with Crippen molar-refractivity contribution in [2.45, 2.75) is 25.8 Å². The number of rotatable bonds is 5. The number of nitrogens with zero attached hydrogens (tertiary/aromatic N) is 5. The molecule has 1 saturated carbocycles. The molecule has 0 unspecified atom stereocenters. The molecule has 2 fully saturated rings. The van der Waals surface area contributed by atoms with E-state index in [2.05, 4.69) is 42.3 Å². The number of fused-ring (bicyclic) bond motifs is 1. The first-order valence-corrected chi connectivity index (χ1v) is 9.13. The van der Waals surface area contributed by atoms with Crippen molar-refractivity contribution in [1.29, 1.82) is 0 Å². The van der Waals surface area contributed by atoms with Crippen molar-refractivity contribution in [1.82, 2.24) is 29.5 Å². The topological polar surface area (TPSA) is 146 Å². The molecule has 4 heterocycles. The molecule has 11 heteroatoms. The van der Waals surface area contributed by atoms with Crippen LogP contribution in [-0.2, 0) is 4.74 Å². The van der Waals surface area contributed by atoms with Crippen molar-refractivity contribution >= 4 is 17.7 Å². The van der Waals surface area contributed by atoms with Crippen LogP contribution in [0.3, 0.4) is 0 Å². The van der Waals surface area contributed by atoms with Crippen LogP contribution in [-0.4, -0.2) is 60.5 Å². The van der Waals surface area contributed by atoms with Crippen molar-refractivity contribution in [3.63, 3.8) is 0 Å². The Morgan fingerprint density at radius 1 is 1.43 bits per heavy atom. The number of nitrogens with one attached hydrogen (secondary N) is 3. The molecule has 2 aliphatic rings. The van der Waals surface area contributed by atoms with E-state index in [1.54, 1.807) is 16.8 Å². The van der Waals surface area contributed by atoms with E-state index in [-0.39, 0.29) is 23.0 Å². The summed E-state index contributed by atoms with van der Waals surface area (Å²) in [6, 6.07) is 0.269. The predicted molar refractivity (Wildman–Crippen MR) is 98.6 cm³/mol. The van der Waals surface area contributed by atoms with E-state index in [9.17, 15) is 9.90 Å². The van der Waals surface area contributed by atoms with E-state index in [1.165, 1.54) is 0 Å². The largest absolute Gasteiger partial charge is 0.493 e. The maximum absolute atomic E-state index is 11.4. The summed E-state index contributed by atoms with van der Waals surface area (Å²) in [5, 5.41) is 18.1. The van der Waals surface area contributed by atoms with Gasteiger partial charge in [-0.3, -0.25) is 4.98 Å². The summed E-state index contributed by atoms with van der Waals surface area (Å²) in [7, 11) is 0. The van der Waals surface area contributed by atoms with Gasteiger partial charge in [-0.2, -0.15) is 19.6 Å². The van der Waals surface area contributed by atoms with Gasteiger partial charge in [0.15, 0.2) is 5.65 Å². The fourth-order valence-corrected chi connectivity index (χ4v) is 3.00. The van der Waals surface area contributed by atoms with Crippen molar-refractivity contribution in [2.75, 3.05) is 25.1 Å². The number of anilines is 1. The molecular formula is C17H20N8O3. The Morgan fingerprint density at radius 3 is 2.89 bits per heavy atom. The number of H-pyrrole nitrogens is 2. The predicted octanol–water partition coefficient (Wildman–Crippen LogP) is -1.09. The third-order valence-electron chi connectivity index (χ3n) is 4.83. The lowest BCUT2D eigenvalue weighted by Gasteiger charge is -2.37. The van der Waals surface area contributed by atoms with Gasteiger partial charge in [0, 0.05) is 17.2 Å². The van der Waals surface area contributed by atoms with Gasteiger partial charge >= 0.3 is 5.69 Å². The lowest BCUT2D eigenvalue weighted by molar-refractivity contribution is -0.0925. The van der Waals surface area contributed by atoms with Crippen LogP contribution in [0.4, 0.5) is 5.95 Å². The highest BCUT2D eigenvalue weighted by atomic mass is 16.5. The van der Waals surface area contributed by atoms with Gasteiger partial charge in [-0.05, 0) is 18.9 Å². The Kier molecular flexibility index (Phi) is 3.72. The van der Waals surface area contributed by atoms with Gasteiger partial charge in [0.2, 0.25) is 11.8 Å². The molecule has 1 aliphatic carbocycles. The summed E-state index contributed by atoms with van der Waals surface area (Å²) in [5.74, 6) is 0.222. The molecule has 5 rings (SSSR count). The minimum Gasteiger partial charge on any atom is -0.493 e. The highest BCUT2D eigenvalue weighted by molar-refractivity contribution is 5.57. The fraction of sp³-hybridized carbons (Fsp3) is 0.471. The average molecular weight is 384 g/mol. The molecule has 1 saturated heterocycles. The van der Waals surface area contributed by atoms with Gasteiger partial charge in [0.05, 0.1) is 25.5 Å². The Morgan fingerprint density at radius 2 is 2.25 bits per heavy atom. The maximum atomic E-state index is 11.4. The third kappa shape index (κ3) is 3.13. The molecule has 3 aromatic rings. The van der Waals surface area contributed by atoms with Gasteiger partial charge in [-0.15, -0.1) is 0 Å². The van der Waals surface area contributed by atoms with Crippen LogP contribution < -0.4 is 21.8 Å². The van der Waals surface area contributed by atoms with Crippen LogP contribution in [0.5, 0.6) is 5.88 Å². The molecule has 4 N–H and O–H groups in total. The molecule has 146 valence electrons. The summed E-state index contributed by atoms with van der Waals surface area (Å²) >= 11 is 0. The van der Waals surface area contributed by atoms with Crippen LogP contribution in [0.1, 0.15) is 25.5 Å². The number of aromatic nitrogens is 6. The molecule has 0 aromatic carbocycles. The minimum atomic E-state index is -0.488. The smallest absolute Gasteiger partial charge is 0.326 e. The summed E-state index contributed by atoms with van der Waals surface area (Å²) in [6.45, 7) is 4.23. The minimum absolute atomic E-state index is 0.0644. The molecule has 28 heavy (non-hydrogen) atoms. The summed E-state index contributed by atoms with van der Waals surface area (Å²) in [5.41, 5.74) is 0.852. The zero-order chi connectivity index (χ0) is 19.3. The van der Waals surface area contributed by atoms with Gasteiger partial charge in [0.1, 0.15) is 5.69 Å². The second kappa shape index (κ2) is 6.16. The Balaban J connectivity index is 1.61. The SMILES string of the molecule is CC1(CNc2nc(=NC3CC3)n3nc/c(=C/c4[nH]c(=O)[nH]c4O)c3n2)COC1. The Hall–Kier alpha value is -3.21. The average Bonchev–Trinajstić information content (AvgIpc) is 3.27. The first-order chi connectivity index (χ1) is 13.5. The molecular weight excluding hydrogens is 364 g/mol. The van der Waals surface area contributed by atoms with E-state index in [0.717, 1.165) is 12.8 Å². The fourth-order valence-electron chi connectivity index (χ4n) is 3.00. The molecule has 0 radical (unpaired) electrons. The first kappa shape index (κ1) is 16.9. The highest BCUT2D eigenvalue weighted by Gasteiger charge is 2.33. The molecule has 3 aromatic heterocycles. The second-order valence-corrected chi connectivity index (χ2v) is 7.69. The van der Waals surface area contributed by atoms with E-state index < -0.39 is 5.69 Å². The van der Waals surface area contributed by atoms with Crippen LogP contribution in [0.25, 0.3) is 11.7 Å². The molecule has 0 amide bonds. The Labute approximate surface area is 158 Å². The Bertz CT molecular complexity index is 1220. The number of hydrogen-bond acceptors (Lipinski definition) is 8. The number of imidazole rings is 1. The number of aromatic hydroxyl groups is 1. The van der Waals surface area contributed by atoms with Gasteiger partial charge in [-0.25, -0.2) is 9.79 Å². The van der Waals surface area contributed by atoms with Crippen molar-refractivity contribution in [3.05, 3.63) is 33.2 Å². The molecule has 1 aliphatic heterocycles. The molecule has 0 bridgehead atoms. The second-order valence-electron chi connectivity index (χ2n) is 7.69. The quantitative estimate of drug-likeness (QED) is 0.437. The standard InChI is InChI=1S/C17H20N8O3/c1-17(7-28-8-17)6-18-14-22-12-9(4-11-13(26)23-16(27)21-11)5-19-25(12)15(24-14)20-10-2-3-10/h4-5,10,26H,2-3,6-8H2,1H3,(H,18,20,24)(H2,21,23,27)/b9-4-. The van der Waals surface area contributed by atoms with Crippen LogP contribution >= 0.6 is 0 Å². The summed E-state index contributed by atoms with van der Waals surface area (Å²) < 4.78 is 6.87. The van der Waals surface area contributed by atoms with Crippen LogP contribution in [0.15, 0.2) is 16.0 Å². The third-order valence-corrected chi connectivity index (χ3v) is 4.83. The lowest BCUT2D eigenvalue weighted by Crippen LogP contribution is -2.45. The van der Waals surface area contributed by atoms with E-state index in [1.807, 2.05) is 0 Å². The van der Waals surface area contributed by atoms with E-state index >= 15 is 0 Å². The van der Waals surface area contributed by atoms with Gasteiger partial charge in [-0.1, -0.05) is 6.92 Å².